The molecule has 2 rings (SSSR count). The molecule has 1 atom stereocenters. The van der Waals surface area contributed by atoms with Crippen molar-refractivity contribution in [1.29, 1.82) is 0 Å². The summed E-state index contributed by atoms with van der Waals surface area (Å²) in [6.45, 7) is 2.87. The number of nitrogens with zero attached hydrogens (tertiary/aromatic N) is 1. The number of hydrogen-bond donors (Lipinski definition) is 2. The van der Waals surface area contributed by atoms with E-state index in [4.69, 9.17) is 15.6 Å². The fraction of sp³-hybridized carbons (Fsp3) is 0.533. The third-order valence-electron chi connectivity index (χ3n) is 3.87. The van der Waals surface area contributed by atoms with E-state index in [0.717, 1.165) is 31.5 Å². The molecule has 5 heteroatoms. The average molecular weight is 278 g/mol. The number of aliphatic hydroxyl groups is 1. The van der Waals surface area contributed by atoms with E-state index >= 15 is 0 Å². The van der Waals surface area contributed by atoms with Crippen LogP contribution in [0.4, 0.5) is 5.69 Å². The number of likely N-dealkylation sites (tertiary alicyclic amines) is 1. The van der Waals surface area contributed by atoms with Gasteiger partial charge in [0.05, 0.1) is 12.7 Å². The molecule has 0 spiro atoms. The second kappa shape index (κ2) is 6.72. The molecule has 1 aromatic rings. The van der Waals surface area contributed by atoms with Gasteiger partial charge >= 0.3 is 5.97 Å². The van der Waals surface area contributed by atoms with Crippen molar-refractivity contribution >= 4 is 11.7 Å². The molecule has 0 saturated carbocycles. The first-order valence-electron chi connectivity index (χ1n) is 6.94. The molecule has 0 aromatic heterocycles. The fourth-order valence-corrected chi connectivity index (χ4v) is 2.82. The van der Waals surface area contributed by atoms with Crippen molar-refractivity contribution in [3.8, 4) is 0 Å². The van der Waals surface area contributed by atoms with Crippen LogP contribution >= 0.6 is 0 Å². The Hall–Kier alpha value is -1.59. The lowest BCUT2D eigenvalue weighted by Crippen LogP contribution is -2.22. The largest absolute Gasteiger partial charge is 0.465 e. The SMILES string of the molecule is COC(=O)c1c(N)cccc1CN1CCC(CCO)C1. The van der Waals surface area contributed by atoms with Gasteiger partial charge in [-0.3, -0.25) is 4.90 Å². The van der Waals surface area contributed by atoms with Gasteiger partial charge in [0, 0.05) is 25.4 Å². The first-order valence-corrected chi connectivity index (χ1v) is 6.94. The van der Waals surface area contributed by atoms with Crippen molar-refractivity contribution in [2.45, 2.75) is 19.4 Å². The number of ether oxygens (including phenoxy) is 1. The van der Waals surface area contributed by atoms with Gasteiger partial charge in [-0.1, -0.05) is 12.1 Å². The minimum Gasteiger partial charge on any atom is -0.465 e. The summed E-state index contributed by atoms with van der Waals surface area (Å²) in [6, 6.07) is 5.49. The van der Waals surface area contributed by atoms with Crippen LogP contribution in [0.25, 0.3) is 0 Å². The van der Waals surface area contributed by atoms with E-state index in [9.17, 15) is 4.79 Å². The minimum atomic E-state index is -0.385. The number of methoxy groups -OCH3 is 1. The molecule has 1 fully saturated rings. The smallest absolute Gasteiger partial charge is 0.340 e. The molecule has 110 valence electrons. The molecule has 3 N–H and O–H groups in total. The number of nitrogen functional groups attached to an aromatic ring is 1. The van der Waals surface area contributed by atoms with E-state index < -0.39 is 0 Å². The number of carbonyl (C=O) groups is 1. The Morgan fingerprint density at radius 1 is 1.55 bits per heavy atom. The Kier molecular flexibility index (Phi) is 4.98. The Labute approximate surface area is 119 Å². The molecular weight excluding hydrogens is 256 g/mol. The maximum absolute atomic E-state index is 11.8. The first kappa shape index (κ1) is 14.8. The third kappa shape index (κ3) is 3.29. The Morgan fingerprint density at radius 2 is 2.35 bits per heavy atom. The molecule has 1 unspecified atom stereocenters. The number of benzene rings is 1. The highest BCUT2D eigenvalue weighted by Crippen LogP contribution is 2.24. The number of carbonyl (C=O) groups excluding carboxylic acids is 1. The van der Waals surface area contributed by atoms with Crippen LogP contribution in [0.15, 0.2) is 18.2 Å². The lowest BCUT2D eigenvalue weighted by atomic mass is 10.0. The van der Waals surface area contributed by atoms with Crippen LogP contribution < -0.4 is 5.73 Å². The summed E-state index contributed by atoms with van der Waals surface area (Å²) < 4.78 is 4.81. The highest BCUT2D eigenvalue weighted by Gasteiger charge is 2.24. The van der Waals surface area contributed by atoms with Crippen LogP contribution in [-0.2, 0) is 11.3 Å². The van der Waals surface area contributed by atoms with Crippen molar-refractivity contribution in [2.24, 2.45) is 5.92 Å². The van der Waals surface area contributed by atoms with Gasteiger partial charge in [0.25, 0.3) is 0 Å². The predicted molar refractivity (Wildman–Crippen MR) is 77.3 cm³/mol. The summed E-state index contributed by atoms with van der Waals surface area (Å²) in [6.07, 6.45) is 1.94. The maximum atomic E-state index is 11.8. The molecule has 1 saturated heterocycles. The number of esters is 1. The van der Waals surface area contributed by atoms with Gasteiger partial charge in [-0.05, 0) is 36.9 Å². The standard InChI is InChI=1S/C15H22N2O3/c1-20-15(19)14-12(3-2-4-13(14)16)10-17-7-5-11(9-17)6-8-18/h2-4,11,18H,5-10,16H2,1H3. The van der Waals surface area contributed by atoms with Gasteiger partial charge in [0.1, 0.15) is 0 Å². The van der Waals surface area contributed by atoms with Gasteiger partial charge in [0.15, 0.2) is 0 Å². The molecule has 1 aliphatic rings. The molecular formula is C15H22N2O3. The quantitative estimate of drug-likeness (QED) is 0.626. The number of rotatable bonds is 5. The van der Waals surface area contributed by atoms with Gasteiger partial charge < -0.3 is 15.6 Å². The molecule has 20 heavy (non-hydrogen) atoms. The monoisotopic (exact) mass is 278 g/mol. The summed E-state index contributed by atoms with van der Waals surface area (Å²) in [5.74, 6) is 0.159. The van der Waals surface area contributed by atoms with Gasteiger partial charge in [0.2, 0.25) is 0 Å². The molecule has 0 bridgehead atoms. The predicted octanol–water partition coefficient (Wildman–Crippen LogP) is 1.26. The molecule has 1 aliphatic heterocycles. The molecule has 0 radical (unpaired) electrons. The summed E-state index contributed by atoms with van der Waals surface area (Å²) in [5, 5.41) is 8.99. The van der Waals surface area contributed by atoms with Gasteiger partial charge in [-0.2, -0.15) is 0 Å². The number of hydrogen-bond acceptors (Lipinski definition) is 5. The van der Waals surface area contributed by atoms with Crippen LogP contribution in [-0.4, -0.2) is 42.8 Å². The summed E-state index contributed by atoms with van der Waals surface area (Å²) >= 11 is 0. The maximum Gasteiger partial charge on any atom is 0.340 e. The first-order chi connectivity index (χ1) is 9.65. The van der Waals surface area contributed by atoms with E-state index in [-0.39, 0.29) is 12.6 Å². The Morgan fingerprint density at radius 3 is 3.05 bits per heavy atom. The van der Waals surface area contributed by atoms with Crippen molar-refractivity contribution in [3.63, 3.8) is 0 Å². The van der Waals surface area contributed by atoms with Crippen LogP contribution in [0.1, 0.15) is 28.8 Å². The highest BCUT2D eigenvalue weighted by atomic mass is 16.5. The zero-order valence-corrected chi connectivity index (χ0v) is 11.8. The van der Waals surface area contributed by atoms with E-state index in [2.05, 4.69) is 4.90 Å². The summed E-state index contributed by atoms with van der Waals surface area (Å²) in [5.41, 5.74) is 7.73. The number of anilines is 1. The second-order valence-electron chi connectivity index (χ2n) is 5.28. The lowest BCUT2D eigenvalue weighted by molar-refractivity contribution is 0.0599. The van der Waals surface area contributed by atoms with E-state index in [0.29, 0.717) is 23.7 Å². The zero-order valence-electron chi connectivity index (χ0n) is 11.8. The Bertz CT molecular complexity index is 476. The summed E-state index contributed by atoms with van der Waals surface area (Å²) in [4.78, 5) is 14.1. The van der Waals surface area contributed by atoms with Crippen molar-refractivity contribution in [1.82, 2.24) is 4.90 Å². The van der Waals surface area contributed by atoms with Crippen LogP contribution in [0.2, 0.25) is 0 Å². The highest BCUT2D eigenvalue weighted by molar-refractivity contribution is 5.96. The normalized spacial score (nSPS) is 19.2. The second-order valence-corrected chi connectivity index (χ2v) is 5.28. The zero-order chi connectivity index (χ0) is 14.5. The third-order valence-corrected chi connectivity index (χ3v) is 3.87. The van der Waals surface area contributed by atoms with Gasteiger partial charge in [-0.15, -0.1) is 0 Å². The van der Waals surface area contributed by atoms with Crippen molar-refractivity contribution < 1.29 is 14.6 Å². The minimum absolute atomic E-state index is 0.240. The van der Waals surface area contributed by atoms with Crippen molar-refractivity contribution in [3.05, 3.63) is 29.3 Å². The van der Waals surface area contributed by atoms with Crippen LogP contribution in [0.5, 0.6) is 0 Å². The van der Waals surface area contributed by atoms with Crippen molar-refractivity contribution in [2.75, 3.05) is 32.5 Å². The average Bonchev–Trinajstić information content (AvgIpc) is 2.86. The molecule has 1 heterocycles. The fourth-order valence-electron chi connectivity index (χ4n) is 2.82. The lowest BCUT2D eigenvalue weighted by Gasteiger charge is -2.18. The molecule has 0 aliphatic carbocycles. The molecule has 0 amide bonds. The van der Waals surface area contributed by atoms with E-state index in [1.54, 1.807) is 6.07 Å². The topological polar surface area (TPSA) is 75.8 Å². The number of aliphatic hydroxyl groups excluding tert-OH is 1. The van der Waals surface area contributed by atoms with Gasteiger partial charge in [-0.25, -0.2) is 4.79 Å². The molecule has 5 nitrogen and oxygen atoms in total. The molecule has 1 aromatic carbocycles. The van der Waals surface area contributed by atoms with E-state index in [1.807, 2.05) is 12.1 Å². The van der Waals surface area contributed by atoms with Crippen LogP contribution in [0, 0.1) is 5.92 Å². The Balaban J connectivity index is 2.10. The van der Waals surface area contributed by atoms with E-state index in [1.165, 1.54) is 7.11 Å². The number of nitrogens with two attached hydrogens (primary N) is 1. The van der Waals surface area contributed by atoms with Crippen LogP contribution in [0.3, 0.4) is 0 Å². The summed E-state index contributed by atoms with van der Waals surface area (Å²) in [7, 11) is 1.37.